The third kappa shape index (κ3) is 18.9. The number of aromatic nitrogens is 3. The lowest BCUT2D eigenvalue weighted by molar-refractivity contribution is -0.135. The summed E-state index contributed by atoms with van der Waals surface area (Å²) in [6.45, 7) is 11.7. The molecule has 70 heavy (non-hydrogen) atoms. The van der Waals surface area contributed by atoms with E-state index < -0.39 is 108 Å². The van der Waals surface area contributed by atoms with Crippen LogP contribution in [0.25, 0.3) is 10.9 Å². The fraction of sp³-hybridized carbons (Fsp3) is 0.574. The summed E-state index contributed by atoms with van der Waals surface area (Å²) >= 11 is 0. The van der Waals surface area contributed by atoms with Crippen molar-refractivity contribution >= 4 is 64.1 Å². The molecule has 0 saturated carbocycles. The Kier molecular flexibility index (Phi) is 23.4. The van der Waals surface area contributed by atoms with Crippen molar-refractivity contribution in [1.82, 2.24) is 57.5 Å². The summed E-state index contributed by atoms with van der Waals surface area (Å²) in [6, 6.07) is -1.51. The van der Waals surface area contributed by atoms with Gasteiger partial charge in [-0.3, -0.25) is 43.2 Å². The minimum atomic E-state index is -1.42. The molecule has 0 saturated heterocycles. The SMILES string of the molecule is CCCCCNC(=O)[C@H](CC(C)C)NC(=O)[C@H](Cc1cnc[nH]1)NC(=O)CNC(=O)[C@@H](NC(=O)[C@H](C)NC(=O)[C@H](Cc1c[nH]c2ccccc12)NC(=O)[C@H](CCC(N)=O)NC(=O)[C@@H](N)[C@@H](C)O)C(C)C. The normalized spacial score (nSPS) is 14.7. The molecule has 8 atom stereocenters. The summed E-state index contributed by atoms with van der Waals surface area (Å²) in [5.41, 5.74) is 13.0. The molecule has 3 aromatic rings. The number of hydrogen-bond acceptors (Lipinski definition) is 12. The first-order chi connectivity index (χ1) is 33.1. The Morgan fingerprint density at radius 2 is 1.34 bits per heavy atom. The van der Waals surface area contributed by atoms with Gasteiger partial charge in [0.15, 0.2) is 0 Å². The topological polar surface area (TPSA) is 367 Å². The van der Waals surface area contributed by atoms with Crippen molar-refractivity contribution < 1.29 is 48.3 Å². The molecule has 2 aromatic heterocycles. The molecular weight excluding hydrogens is 907 g/mol. The summed E-state index contributed by atoms with van der Waals surface area (Å²) in [7, 11) is 0. The molecular formula is C47H73N13O10. The molecule has 0 aliphatic heterocycles. The van der Waals surface area contributed by atoms with Crippen LogP contribution in [0, 0.1) is 11.8 Å². The number of primary amides is 1. The summed E-state index contributed by atoms with van der Waals surface area (Å²) in [6.07, 6.45) is 5.64. The third-order valence-corrected chi connectivity index (χ3v) is 11.3. The highest BCUT2D eigenvalue weighted by atomic mass is 16.3. The highest BCUT2D eigenvalue weighted by molar-refractivity contribution is 5.98. The number of nitrogens with zero attached hydrogens (tertiary/aromatic N) is 1. The van der Waals surface area contributed by atoms with E-state index in [2.05, 4.69) is 57.5 Å². The number of nitrogens with two attached hydrogens (primary N) is 2. The summed E-state index contributed by atoms with van der Waals surface area (Å²) in [5.74, 6) is -7.06. The quantitative estimate of drug-likeness (QED) is 0.0347. The smallest absolute Gasteiger partial charge is 0.243 e. The molecule has 2 heterocycles. The minimum Gasteiger partial charge on any atom is -0.391 e. The van der Waals surface area contributed by atoms with Crippen LogP contribution in [0.5, 0.6) is 0 Å². The van der Waals surface area contributed by atoms with Gasteiger partial charge in [0.1, 0.15) is 42.3 Å². The maximum absolute atomic E-state index is 14.0. The van der Waals surface area contributed by atoms with E-state index in [1.165, 1.54) is 26.4 Å². The molecule has 0 radical (unpaired) electrons. The van der Waals surface area contributed by atoms with Crippen molar-refractivity contribution in [2.24, 2.45) is 23.3 Å². The largest absolute Gasteiger partial charge is 0.391 e. The van der Waals surface area contributed by atoms with Gasteiger partial charge < -0.3 is 69.1 Å². The number of aliphatic hydroxyl groups is 1. The number of amides is 9. The highest BCUT2D eigenvalue weighted by Gasteiger charge is 2.33. The molecule has 23 nitrogen and oxygen atoms in total. The van der Waals surface area contributed by atoms with Gasteiger partial charge in [-0.05, 0) is 56.6 Å². The van der Waals surface area contributed by atoms with Gasteiger partial charge >= 0.3 is 0 Å². The first kappa shape index (κ1) is 57.4. The summed E-state index contributed by atoms with van der Waals surface area (Å²) < 4.78 is 0. The number of nitrogens with one attached hydrogen (secondary N) is 10. The molecule has 0 bridgehead atoms. The van der Waals surface area contributed by atoms with Crippen LogP contribution in [0.2, 0.25) is 0 Å². The van der Waals surface area contributed by atoms with E-state index in [4.69, 9.17) is 11.5 Å². The van der Waals surface area contributed by atoms with Crippen LogP contribution in [0.1, 0.15) is 98.2 Å². The van der Waals surface area contributed by atoms with Crippen LogP contribution in [0.3, 0.4) is 0 Å². The lowest BCUT2D eigenvalue weighted by Gasteiger charge is -2.27. The Labute approximate surface area is 407 Å². The maximum atomic E-state index is 14.0. The number of benzene rings is 1. The van der Waals surface area contributed by atoms with Crippen LogP contribution in [-0.4, -0.2) is 135 Å². The van der Waals surface area contributed by atoms with Gasteiger partial charge in [-0.2, -0.15) is 0 Å². The van der Waals surface area contributed by atoms with Crippen LogP contribution < -0.4 is 54.0 Å². The van der Waals surface area contributed by atoms with Crippen molar-refractivity contribution in [3.63, 3.8) is 0 Å². The number of hydrogen-bond donors (Lipinski definition) is 13. The molecule has 3 rings (SSSR count). The van der Waals surface area contributed by atoms with Gasteiger partial charge in [0.25, 0.3) is 0 Å². The predicted molar refractivity (Wildman–Crippen MR) is 259 cm³/mol. The number of rotatable bonds is 30. The van der Waals surface area contributed by atoms with Crippen molar-refractivity contribution in [3.05, 3.63) is 54.2 Å². The van der Waals surface area contributed by atoms with Crippen LogP contribution >= 0.6 is 0 Å². The van der Waals surface area contributed by atoms with Crippen molar-refractivity contribution in [1.29, 1.82) is 0 Å². The first-order valence-corrected chi connectivity index (χ1v) is 23.7. The average Bonchev–Trinajstić information content (AvgIpc) is 3.98. The fourth-order valence-corrected chi connectivity index (χ4v) is 7.27. The zero-order chi connectivity index (χ0) is 52.1. The van der Waals surface area contributed by atoms with E-state index in [1.807, 2.05) is 32.9 Å². The second kappa shape index (κ2) is 28.6. The number of carbonyl (C=O) groups excluding carboxylic acids is 9. The third-order valence-electron chi connectivity index (χ3n) is 11.3. The molecule has 0 fully saturated rings. The van der Waals surface area contributed by atoms with E-state index in [0.717, 1.165) is 30.2 Å². The molecule has 9 amide bonds. The predicted octanol–water partition coefficient (Wildman–Crippen LogP) is -1.30. The Balaban J connectivity index is 1.73. The summed E-state index contributed by atoms with van der Waals surface area (Å²) in [4.78, 5) is 130. The maximum Gasteiger partial charge on any atom is 0.243 e. The number of unbranched alkanes of at least 4 members (excludes halogenated alkanes) is 2. The van der Waals surface area contributed by atoms with Gasteiger partial charge in [-0.25, -0.2) is 4.98 Å². The van der Waals surface area contributed by atoms with E-state index in [-0.39, 0.29) is 37.5 Å². The van der Waals surface area contributed by atoms with Crippen molar-refractivity contribution in [2.45, 2.75) is 148 Å². The van der Waals surface area contributed by atoms with E-state index in [9.17, 15) is 48.3 Å². The Bertz CT molecular complexity index is 2230. The number of H-pyrrole nitrogens is 2. The average molecular weight is 980 g/mol. The lowest BCUT2D eigenvalue weighted by atomic mass is 10.0. The molecule has 0 unspecified atom stereocenters. The number of imidazole rings is 1. The molecule has 386 valence electrons. The van der Waals surface area contributed by atoms with Gasteiger partial charge in [0, 0.05) is 54.8 Å². The van der Waals surface area contributed by atoms with E-state index in [1.54, 1.807) is 32.2 Å². The Morgan fingerprint density at radius 3 is 1.97 bits per heavy atom. The lowest BCUT2D eigenvalue weighted by Crippen LogP contribution is -2.60. The highest BCUT2D eigenvalue weighted by Crippen LogP contribution is 2.20. The zero-order valence-electron chi connectivity index (χ0n) is 41.1. The molecule has 1 aromatic carbocycles. The molecule has 0 spiro atoms. The number of aromatic amines is 2. The first-order valence-electron chi connectivity index (χ1n) is 23.7. The van der Waals surface area contributed by atoms with Crippen LogP contribution in [-0.2, 0) is 56.0 Å². The van der Waals surface area contributed by atoms with E-state index >= 15 is 0 Å². The number of carbonyl (C=O) groups is 9. The molecule has 23 heteroatoms. The number of para-hydroxylation sites is 1. The molecule has 0 aliphatic rings. The van der Waals surface area contributed by atoms with Gasteiger partial charge in [-0.1, -0.05) is 65.7 Å². The minimum absolute atomic E-state index is 0.0102. The second-order valence-electron chi connectivity index (χ2n) is 18.2. The molecule has 0 aliphatic carbocycles. The standard InChI is InChI=1S/C47H73N13O10/c1-8-9-12-17-51-42(65)34(18-25(2)3)58-45(68)36(20-30-22-50-24-54-30)56-38(63)23-53-47(70)40(26(4)5)60-41(64)27(6)55-44(67)35(19-29-21-52-32-14-11-10-13-31(29)32)59-43(66)33(15-16-37(48)62)57-46(69)39(49)28(7)61/h10-11,13-14,21-22,24-28,33-36,39-40,52,61H,8-9,12,15-20,23,49H2,1-7H3,(H2,48,62)(H,50,54)(H,51,65)(H,53,70)(H,55,67)(H,56,63)(H,57,69)(H,58,68)(H,59,66)(H,60,64)/t27-,28+,33-,34-,35-,36-,39-,40-/m0/s1. The van der Waals surface area contributed by atoms with Crippen LogP contribution in [0.15, 0.2) is 43.0 Å². The Morgan fingerprint density at radius 1 is 0.700 bits per heavy atom. The van der Waals surface area contributed by atoms with E-state index in [0.29, 0.717) is 24.2 Å². The number of fused-ring (bicyclic) bond motifs is 1. The fourth-order valence-electron chi connectivity index (χ4n) is 7.27. The Hall–Kier alpha value is -6.88. The second-order valence-corrected chi connectivity index (χ2v) is 18.2. The van der Waals surface area contributed by atoms with Crippen molar-refractivity contribution in [2.75, 3.05) is 13.1 Å². The zero-order valence-corrected chi connectivity index (χ0v) is 41.1. The van der Waals surface area contributed by atoms with Crippen LogP contribution in [0.4, 0.5) is 0 Å². The molecule has 15 N–H and O–H groups in total. The van der Waals surface area contributed by atoms with Gasteiger partial charge in [0.2, 0.25) is 53.2 Å². The number of aliphatic hydroxyl groups excluding tert-OH is 1. The summed E-state index contributed by atoms with van der Waals surface area (Å²) in [5, 5.41) is 31.6. The monoisotopic (exact) mass is 980 g/mol. The van der Waals surface area contributed by atoms with Crippen molar-refractivity contribution in [3.8, 4) is 0 Å². The van der Waals surface area contributed by atoms with Gasteiger partial charge in [-0.15, -0.1) is 0 Å². The van der Waals surface area contributed by atoms with Gasteiger partial charge in [0.05, 0.1) is 19.0 Å².